The van der Waals surface area contributed by atoms with Crippen LogP contribution < -0.4 is 15.4 Å². The van der Waals surface area contributed by atoms with Crippen LogP contribution in [0.15, 0.2) is 60.8 Å². The van der Waals surface area contributed by atoms with Crippen molar-refractivity contribution in [2.24, 2.45) is 0 Å². The molecule has 0 fully saturated rings. The van der Waals surface area contributed by atoms with Gasteiger partial charge in [0, 0.05) is 17.6 Å². The molecular weight excluding hydrogens is 316 g/mol. The van der Waals surface area contributed by atoms with E-state index < -0.39 is 0 Å². The Kier molecular flexibility index (Phi) is 4.89. The fourth-order valence-electron chi connectivity index (χ4n) is 2.18. The van der Waals surface area contributed by atoms with Gasteiger partial charge in [0.15, 0.2) is 0 Å². The van der Waals surface area contributed by atoms with Crippen molar-refractivity contribution in [1.29, 1.82) is 0 Å². The zero-order chi connectivity index (χ0) is 17.6. The second-order valence-electron chi connectivity index (χ2n) is 5.44. The number of benzene rings is 2. The van der Waals surface area contributed by atoms with Crippen LogP contribution in [-0.4, -0.2) is 23.0 Å². The lowest BCUT2D eigenvalue weighted by Gasteiger charge is -2.08. The Morgan fingerprint density at radius 3 is 2.32 bits per heavy atom. The lowest BCUT2D eigenvalue weighted by atomic mass is 10.2. The van der Waals surface area contributed by atoms with Crippen LogP contribution in [0.3, 0.4) is 0 Å². The molecule has 0 atom stereocenters. The highest BCUT2D eigenvalue weighted by atomic mass is 16.5. The molecule has 3 aromatic rings. The molecule has 0 saturated heterocycles. The quantitative estimate of drug-likeness (QED) is 0.742. The molecule has 0 unspecified atom stereocenters. The molecule has 6 heteroatoms. The zero-order valence-electron chi connectivity index (χ0n) is 14.0. The number of aryl methyl sites for hydroxylation is 1. The van der Waals surface area contributed by atoms with Crippen LogP contribution in [0, 0.1) is 6.92 Å². The smallest absolute Gasteiger partial charge is 0.274 e. The molecule has 126 valence electrons. The molecule has 2 N–H and O–H groups in total. The van der Waals surface area contributed by atoms with E-state index in [2.05, 4.69) is 20.6 Å². The Balaban J connectivity index is 1.71. The Hall–Kier alpha value is -3.41. The molecule has 2 aromatic carbocycles. The highest BCUT2D eigenvalue weighted by molar-refractivity contribution is 6.03. The van der Waals surface area contributed by atoms with E-state index >= 15 is 0 Å². The lowest BCUT2D eigenvalue weighted by molar-refractivity contribution is 0.102. The number of amides is 1. The van der Waals surface area contributed by atoms with Gasteiger partial charge >= 0.3 is 0 Å². The van der Waals surface area contributed by atoms with Crippen LogP contribution in [0.2, 0.25) is 0 Å². The standard InChI is InChI=1S/C19H18N4O2/c1-13-3-5-14(6-4-13)21-18(24)17-11-12-20-19(23-17)22-15-7-9-16(25-2)10-8-15/h3-12H,1-2H3,(H,21,24)(H,20,22,23). The number of anilines is 3. The van der Waals surface area contributed by atoms with E-state index in [1.807, 2.05) is 55.5 Å². The van der Waals surface area contributed by atoms with Gasteiger partial charge in [0.05, 0.1) is 7.11 Å². The number of carbonyl (C=O) groups excluding carboxylic acids is 1. The number of hydrogen-bond acceptors (Lipinski definition) is 5. The highest BCUT2D eigenvalue weighted by Gasteiger charge is 2.09. The number of rotatable bonds is 5. The van der Waals surface area contributed by atoms with Crippen molar-refractivity contribution in [3.05, 3.63) is 72.1 Å². The monoisotopic (exact) mass is 334 g/mol. The maximum Gasteiger partial charge on any atom is 0.274 e. The first kappa shape index (κ1) is 16.4. The fraction of sp³-hybridized carbons (Fsp3) is 0.105. The van der Waals surface area contributed by atoms with Crippen LogP contribution in [0.25, 0.3) is 0 Å². The minimum absolute atomic E-state index is 0.284. The van der Waals surface area contributed by atoms with Gasteiger partial charge < -0.3 is 15.4 Å². The predicted molar refractivity (Wildman–Crippen MR) is 97.4 cm³/mol. The number of nitrogens with zero attached hydrogens (tertiary/aromatic N) is 2. The summed E-state index contributed by atoms with van der Waals surface area (Å²) in [6, 6.07) is 16.5. The fourth-order valence-corrected chi connectivity index (χ4v) is 2.18. The van der Waals surface area contributed by atoms with Crippen molar-refractivity contribution in [2.45, 2.75) is 6.92 Å². The molecule has 1 heterocycles. The van der Waals surface area contributed by atoms with Gasteiger partial charge in [-0.15, -0.1) is 0 Å². The van der Waals surface area contributed by atoms with Crippen LogP contribution in [0.1, 0.15) is 16.1 Å². The third-order valence-electron chi connectivity index (χ3n) is 3.54. The minimum atomic E-state index is -0.288. The van der Waals surface area contributed by atoms with E-state index in [9.17, 15) is 4.79 Å². The van der Waals surface area contributed by atoms with Crippen molar-refractivity contribution in [2.75, 3.05) is 17.7 Å². The van der Waals surface area contributed by atoms with Crippen LogP contribution >= 0.6 is 0 Å². The molecule has 25 heavy (non-hydrogen) atoms. The Morgan fingerprint density at radius 1 is 0.960 bits per heavy atom. The van der Waals surface area contributed by atoms with E-state index in [4.69, 9.17) is 4.74 Å². The largest absolute Gasteiger partial charge is 0.497 e. The van der Waals surface area contributed by atoms with Crippen LogP contribution in [-0.2, 0) is 0 Å². The lowest BCUT2D eigenvalue weighted by Crippen LogP contribution is -2.14. The normalized spacial score (nSPS) is 10.2. The maximum atomic E-state index is 12.3. The van der Waals surface area contributed by atoms with Crippen LogP contribution in [0.4, 0.5) is 17.3 Å². The summed E-state index contributed by atoms with van der Waals surface area (Å²) in [4.78, 5) is 20.7. The third kappa shape index (κ3) is 4.32. The van der Waals surface area contributed by atoms with Gasteiger partial charge in [-0.2, -0.15) is 0 Å². The molecular formula is C19H18N4O2. The summed E-state index contributed by atoms with van der Waals surface area (Å²) in [5, 5.41) is 5.88. The summed E-state index contributed by atoms with van der Waals surface area (Å²) in [7, 11) is 1.61. The number of hydrogen-bond donors (Lipinski definition) is 2. The summed E-state index contributed by atoms with van der Waals surface area (Å²) in [5.74, 6) is 0.823. The summed E-state index contributed by atoms with van der Waals surface area (Å²) < 4.78 is 5.12. The molecule has 0 aliphatic heterocycles. The van der Waals surface area contributed by atoms with Crippen molar-refractivity contribution >= 4 is 23.2 Å². The average molecular weight is 334 g/mol. The van der Waals surface area contributed by atoms with Crippen molar-refractivity contribution < 1.29 is 9.53 Å². The Labute approximate surface area is 145 Å². The van der Waals surface area contributed by atoms with E-state index in [0.717, 1.165) is 22.7 Å². The topological polar surface area (TPSA) is 76.1 Å². The number of carbonyl (C=O) groups is 1. The van der Waals surface area contributed by atoms with Gasteiger partial charge in [0.1, 0.15) is 11.4 Å². The van der Waals surface area contributed by atoms with E-state index in [1.54, 1.807) is 19.4 Å². The molecule has 3 rings (SSSR count). The number of aromatic nitrogens is 2. The van der Waals surface area contributed by atoms with Gasteiger partial charge in [0.2, 0.25) is 5.95 Å². The van der Waals surface area contributed by atoms with Gasteiger partial charge in [-0.3, -0.25) is 4.79 Å². The van der Waals surface area contributed by atoms with E-state index in [0.29, 0.717) is 5.95 Å². The Bertz CT molecular complexity index is 861. The minimum Gasteiger partial charge on any atom is -0.497 e. The molecule has 6 nitrogen and oxygen atoms in total. The van der Waals surface area contributed by atoms with E-state index in [-0.39, 0.29) is 11.6 Å². The number of nitrogens with one attached hydrogen (secondary N) is 2. The van der Waals surface area contributed by atoms with Crippen molar-refractivity contribution in [3.8, 4) is 5.75 Å². The van der Waals surface area contributed by atoms with Gasteiger partial charge in [0.25, 0.3) is 5.91 Å². The summed E-state index contributed by atoms with van der Waals surface area (Å²) in [5.41, 5.74) is 2.94. The van der Waals surface area contributed by atoms with Crippen LogP contribution in [0.5, 0.6) is 5.75 Å². The molecule has 0 bridgehead atoms. The second kappa shape index (κ2) is 7.44. The Morgan fingerprint density at radius 2 is 1.64 bits per heavy atom. The first-order chi connectivity index (χ1) is 12.1. The number of ether oxygens (including phenoxy) is 1. The molecule has 1 aromatic heterocycles. The molecule has 0 aliphatic carbocycles. The van der Waals surface area contributed by atoms with Crippen molar-refractivity contribution in [1.82, 2.24) is 9.97 Å². The average Bonchev–Trinajstić information content (AvgIpc) is 2.64. The second-order valence-corrected chi connectivity index (χ2v) is 5.44. The predicted octanol–water partition coefficient (Wildman–Crippen LogP) is 3.79. The SMILES string of the molecule is COc1ccc(Nc2nccc(C(=O)Nc3ccc(C)cc3)n2)cc1. The molecule has 1 amide bonds. The molecule has 0 spiro atoms. The maximum absolute atomic E-state index is 12.3. The molecule has 0 aliphatic rings. The summed E-state index contributed by atoms with van der Waals surface area (Å²) >= 11 is 0. The van der Waals surface area contributed by atoms with Gasteiger partial charge in [-0.25, -0.2) is 9.97 Å². The third-order valence-corrected chi connectivity index (χ3v) is 3.54. The summed E-state index contributed by atoms with van der Waals surface area (Å²) in [6.07, 6.45) is 1.54. The van der Waals surface area contributed by atoms with E-state index in [1.165, 1.54) is 0 Å². The zero-order valence-corrected chi connectivity index (χ0v) is 14.0. The first-order valence-corrected chi connectivity index (χ1v) is 7.76. The molecule has 0 radical (unpaired) electrons. The van der Waals surface area contributed by atoms with Gasteiger partial charge in [-0.1, -0.05) is 17.7 Å². The van der Waals surface area contributed by atoms with Gasteiger partial charge in [-0.05, 0) is 49.4 Å². The van der Waals surface area contributed by atoms with Crippen molar-refractivity contribution in [3.63, 3.8) is 0 Å². The summed E-state index contributed by atoms with van der Waals surface area (Å²) in [6.45, 7) is 1.99. The highest BCUT2D eigenvalue weighted by Crippen LogP contribution is 2.18. The number of methoxy groups -OCH3 is 1. The molecule has 0 saturated carbocycles. The first-order valence-electron chi connectivity index (χ1n) is 7.76.